The molecule has 0 heterocycles. The van der Waals surface area contributed by atoms with Crippen LogP contribution in [0.3, 0.4) is 0 Å². The van der Waals surface area contributed by atoms with Crippen molar-refractivity contribution in [2.45, 2.75) is 20.4 Å². The van der Waals surface area contributed by atoms with Gasteiger partial charge in [-0.15, -0.1) is 0 Å². The van der Waals surface area contributed by atoms with E-state index in [2.05, 4.69) is 15.6 Å². The molecular formula is C19H24FN3O2. The topological polar surface area (TPSA) is 54.9 Å². The van der Waals surface area contributed by atoms with Crippen molar-refractivity contribution in [1.82, 2.24) is 5.32 Å². The molecule has 6 heteroatoms. The Morgan fingerprint density at radius 3 is 2.60 bits per heavy atom. The number of hydrogen-bond donors (Lipinski definition) is 2. The Morgan fingerprint density at radius 1 is 1.16 bits per heavy atom. The number of anilines is 1. The SMILES string of the molecule is CCOc1cc(NC(=NC)NCc2ccc(F)c(C)c2)ccc1OC. The third kappa shape index (κ3) is 5.11. The number of aryl methyl sites for hydroxylation is 1. The number of rotatable bonds is 6. The highest BCUT2D eigenvalue weighted by Gasteiger charge is 2.07. The summed E-state index contributed by atoms with van der Waals surface area (Å²) in [5, 5.41) is 6.41. The summed E-state index contributed by atoms with van der Waals surface area (Å²) in [6.45, 7) is 4.76. The van der Waals surface area contributed by atoms with Crippen LogP contribution in [-0.2, 0) is 6.54 Å². The van der Waals surface area contributed by atoms with E-state index in [0.717, 1.165) is 11.3 Å². The molecule has 2 aromatic carbocycles. The minimum absolute atomic E-state index is 0.201. The lowest BCUT2D eigenvalue weighted by Crippen LogP contribution is -2.30. The smallest absolute Gasteiger partial charge is 0.195 e. The maximum atomic E-state index is 13.3. The standard InChI is InChI=1S/C19H24FN3O2/c1-5-25-18-11-15(7-9-17(18)24-4)23-19(21-3)22-12-14-6-8-16(20)13(2)10-14/h6-11H,5,12H2,1-4H3,(H2,21,22,23). The van der Waals surface area contributed by atoms with Gasteiger partial charge in [-0.3, -0.25) is 4.99 Å². The molecule has 0 bridgehead atoms. The Bertz CT molecular complexity index is 747. The van der Waals surface area contributed by atoms with Crippen LogP contribution in [0.1, 0.15) is 18.1 Å². The van der Waals surface area contributed by atoms with Crippen LogP contribution in [0.25, 0.3) is 0 Å². The summed E-state index contributed by atoms with van der Waals surface area (Å²) in [6.07, 6.45) is 0. The molecule has 0 saturated heterocycles. The number of nitrogens with zero attached hydrogens (tertiary/aromatic N) is 1. The van der Waals surface area contributed by atoms with Gasteiger partial charge in [0.15, 0.2) is 17.5 Å². The second-order valence-corrected chi connectivity index (χ2v) is 5.43. The van der Waals surface area contributed by atoms with E-state index in [0.29, 0.717) is 36.2 Å². The van der Waals surface area contributed by atoms with Crippen LogP contribution in [0, 0.1) is 12.7 Å². The first kappa shape index (κ1) is 18.6. The molecule has 0 spiro atoms. The van der Waals surface area contributed by atoms with Gasteiger partial charge in [-0.1, -0.05) is 12.1 Å². The van der Waals surface area contributed by atoms with Crippen LogP contribution in [0.4, 0.5) is 10.1 Å². The number of hydrogen-bond acceptors (Lipinski definition) is 3. The number of nitrogens with one attached hydrogen (secondary N) is 2. The van der Waals surface area contributed by atoms with E-state index in [1.165, 1.54) is 6.07 Å². The molecule has 2 rings (SSSR count). The highest BCUT2D eigenvalue weighted by Crippen LogP contribution is 2.30. The molecule has 0 aliphatic rings. The number of benzene rings is 2. The number of halogens is 1. The van der Waals surface area contributed by atoms with E-state index in [-0.39, 0.29) is 5.82 Å². The summed E-state index contributed by atoms with van der Waals surface area (Å²) >= 11 is 0. The minimum atomic E-state index is -0.201. The van der Waals surface area contributed by atoms with Crippen molar-refractivity contribution < 1.29 is 13.9 Å². The van der Waals surface area contributed by atoms with Gasteiger partial charge in [0.2, 0.25) is 0 Å². The Kier molecular flexibility index (Phi) is 6.62. The largest absolute Gasteiger partial charge is 0.493 e. The van der Waals surface area contributed by atoms with Crippen molar-refractivity contribution in [2.75, 3.05) is 26.1 Å². The summed E-state index contributed by atoms with van der Waals surface area (Å²) in [5.74, 6) is 1.75. The van der Waals surface area contributed by atoms with E-state index >= 15 is 0 Å². The highest BCUT2D eigenvalue weighted by molar-refractivity contribution is 5.93. The van der Waals surface area contributed by atoms with Crippen LogP contribution >= 0.6 is 0 Å². The Morgan fingerprint density at radius 2 is 1.96 bits per heavy atom. The summed E-state index contributed by atoms with van der Waals surface area (Å²) < 4.78 is 24.2. The van der Waals surface area contributed by atoms with E-state index in [9.17, 15) is 4.39 Å². The monoisotopic (exact) mass is 345 g/mol. The first-order valence-corrected chi connectivity index (χ1v) is 8.11. The summed E-state index contributed by atoms with van der Waals surface area (Å²) in [7, 11) is 3.30. The predicted molar refractivity (Wildman–Crippen MR) is 99.1 cm³/mol. The lowest BCUT2D eigenvalue weighted by Gasteiger charge is -2.15. The number of aliphatic imine (C=N–C) groups is 1. The number of ether oxygens (including phenoxy) is 2. The van der Waals surface area contributed by atoms with Gasteiger partial charge in [0, 0.05) is 25.3 Å². The van der Waals surface area contributed by atoms with Crippen molar-refractivity contribution in [1.29, 1.82) is 0 Å². The van der Waals surface area contributed by atoms with Gasteiger partial charge in [-0.05, 0) is 43.2 Å². The van der Waals surface area contributed by atoms with Crippen LogP contribution in [0.5, 0.6) is 11.5 Å². The average molecular weight is 345 g/mol. The molecule has 0 aliphatic heterocycles. The summed E-state index contributed by atoms with van der Waals surface area (Å²) in [5.41, 5.74) is 2.43. The Balaban J connectivity index is 2.04. The third-order valence-electron chi connectivity index (χ3n) is 3.63. The zero-order chi connectivity index (χ0) is 18.2. The van der Waals surface area contributed by atoms with Crippen LogP contribution in [-0.4, -0.2) is 26.7 Å². The Hall–Kier alpha value is -2.76. The first-order chi connectivity index (χ1) is 12.1. The second-order valence-electron chi connectivity index (χ2n) is 5.43. The van der Waals surface area contributed by atoms with Crippen LogP contribution in [0.2, 0.25) is 0 Å². The highest BCUT2D eigenvalue weighted by atomic mass is 19.1. The van der Waals surface area contributed by atoms with Crippen molar-refractivity contribution in [3.05, 3.63) is 53.3 Å². The third-order valence-corrected chi connectivity index (χ3v) is 3.63. The lowest BCUT2D eigenvalue weighted by atomic mass is 10.1. The van der Waals surface area contributed by atoms with Gasteiger partial charge >= 0.3 is 0 Å². The van der Waals surface area contributed by atoms with Crippen molar-refractivity contribution in [2.24, 2.45) is 4.99 Å². The van der Waals surface area contributed by atoms with E-state index < -0.39 is 0 Å². The molecule has 5 nitrogen and oxygen atoms in total. The van der Waals surface area contributed by atoms with Crippen LogP contribution < -0.4 is 20.1 Å². The van der Waals surface area contributed by atoms with Gasteiger partial charge in [-0.25, -0.2) is 4.39 Å². The van der Waals surface area contributed by atoms with Gasteiger partial charge in [0.25, 0.3) is 0 Å². The fourth-order valence-electron chi connectivity index (χ4n) is 2.34. The molecule has 2 N–H and O–H groups in total. The maximum absolute atomic E-state index is 13.3. The molecule has 0 fully saturated rings. The molecule has 0 atom stereocenters. The van der Waals surface area contributed by atoms with E-state index in [1.54, 1.807) is 27.1 Å². The minimum Gasteiger partial charge on any atom is -0.493 e. The van der Waals surface area contributed by atoms with Gasteiger partial charge < -0.3 is 20.1 Å². The molecule has 134 valence electrons. The Labute approximate surface area is 147 Å². The molecular weight excluding hydrogens is 321 g/mol. The first-order valence-electron chi connectivity index (χ1n) is 8.11. The zero-order valence-corrected chi connectivity index (χ0v) is 15.0. The molecule has 0 aromatic heterocycles. The van der Waals surface area contributed by atoms with Gasteiger partial charge in [0.05, 0.1) is 13.7 Å². The fourth-order valence-corrected chi connectivity index (χ4v) is 2.34. The van der Waals surface area contributed by atoms with E-state index in [4.69, 9.17) is 9.47 Å². The molecule has 0 aliphatic carbocycles. The van der Waals surface area contributed by atoms with Crippen molar-refractivity contribution in [3.8, 4) is 11.5 Å². The van der Waals surface area contributed by atoms with Gasteiger partial charge in [-0.2, -0.15) is 0 Å². The van der Waals surface area contributed by atoms with E-state index in [1.807, 2.05) is 31.2 Å². The van der Waals surface area contributed by atoms with Crippen molar-refractivity contribution in [3.63, 3.8) is 0 Å². The molecule has 2 aromatic rings. The second kappa shape index (κ2) is 8.92. The quantitative estimate of drug-likeness (QED) is 0.619. The predicted octanol–water partition coefficient (Wildman–Crippen LogP) is 3.73. The average Bonchev–Trinajstić information content (AvgIpc) is 2.62. The maximum Gasteiger partial charge on any atom is 0.195 e. The fraction of sp³-hybridized carbons (Fsp3) is 0.316. The molecule has 25 heavy (non-hydrogen) atoms. The van der Waals surface area contributed by atoms with Gasteiger partial charge in [0.1, 0.15) is 5.82 Å². The number of methoxy groups -OCH3 is 1. The summed E-state index contributed by atoms with van der Waals surface area (Å²) in [4.78, 5) is 4.20. The molecule has 0 unspecified atom stereocenters. The summed E-state index contributed by atoms with van der Waals surface area (Å²) in [6, 6.07) is 10.6. The van der Waals surface area contributed by atoms with Crippen LogP contribution in [0.15, 0.2) is 41.4 Å². The molecule has 0 radical (unpaired) electrons. The lowest BCUT2D eigenvalue weighted by molar-refractivity contribution is 0.311. The number of guanidine groups is 1. The van der Waals surface area contributed by atoms with Crippen molar-refractivity contribution >= 4 is 11.6 Å². The molecule has 0 amide bonds. The zero-order valence-electron chi connectivity index (χ0n) is 15.0. The molecule has 0 saturated carbocycles. The normalized spacial score (nSPS) is 11.2.